The van der Waals surface area contributed by atoms with Gasteiger partial charge in [-0.1, -0.05) is 18.2 Å². The van der Waals surface area contributed by atoms with Crippen molar-refractivity contribution < 1.29 is 18.1 Å². The van der Waals surface area contributed by atoms with E-state index in [1.165, 1.54) is 41.3 Å². The van der Waals surface area contributed by atoms with Gasteiger partial charge >= 0.3 is 0 Å². The second-order valence-corrected chi connectivity index (χ2v) is 8.28. The number of amides is 1. The standard InChI is InChI=1S/C18H15N3O5S2/c1-2-20-17(22)16(12-13-8-10-14(11-9-13)21(23)24)27-18(20)19-28(25,26)15-6-4-3-5-7-15/h3-12H,2H2,1H3/b16-12-,19-18+. The van der Waals surface area contributed by atoms with E-state index in [4.69, 9.17) is 0 Å². The first-order valence-electron chi connectivity index (χ1n) is 8.17. The Kier molecular flexibility index (Phi) is 5.61. The van der Waals surface area contributed by atoms with Gasteiger partial charge in [0.2, 0.25) is 0 Å². The van der Waals surface area contributed by atoms with E-state index in [0.29, 0.717) is 5.56 Å². The van der Waals surface area contributed by atoms with E-state index in [9.17, 15) is 23.3 Å². The predicted octanol–water partition coefficient (Wildman–Crippen LogP) is 3.28. The molecule has 0 atom stereocenters. The van der Waals surface area contributed by atoms with E-state index in [2.05, 4.69) is 4.40 Å². The minimum absolute atomic E-state index is 0.0411. The summed E-state index contributed by atoms with van der Waals surface area (Å²) in [6.45, 7) is 1.98. The summed E-state index contributed by atoms with van der Waals surface area (Å²) in [6, 6.07) is 13.5. The summed E-state index contributed by atoms with van der Waals surface area (Å²) in [5, 5.41) is 10.8. The zero-order valence-corrected chi connectivity index (χ0v) is 16.3. The summed E-state index contributed by atoms with van der Waals surface area (Å²) in [4.78, 5) is 24.4. The number of sulfonamides is 1. The van der Waals surface area contributed by atoms with Gasteiger partial charge in [0.1, 0.15) is 0 Å². The average molecular weight is 417 g/mol. The summed E-state index contributed by atoms with van der Waals surface area (Å²) in [6.07, 6.45) is 1.55. The van der Waals surface area contributed by atoms with Crippen LogP contribution in [0.3, 0.4) is 0 Å². The van der Waals surface area contributed by atoms with Gasteiger partial charge in [-0.25, -0.2) is 0 Å². The van der Waals surface area contributed by atoms with Gasteiger partial charge < -0.3 is 0 Å². The molecule has 144 valence electrons. The molecule has 1 saturated heterocycles. The molecule has 2 aromatic rings. The fraction of sp³-hybridized carbons (Fsp3) is 0.111. The summed E-state index contributed by atoms with van der Waals surface area (Å²) >= 11 is 0.953. The maximum Gasteiger partial charge on any atom is 0.284 e. The fourth-order valence-electron chi connectivity index (χ4n) is 2.45. The van der Waals surface area contributed by atoms with Crippen LogP contribution in [0.25, 0.3) is 6.08 Å². The molecule has 0 radical (unpaired) electrons. The van der Waals surface area contributed by atoms with Crippen LogP contribution < -0.4 is 0 Å². The number of nitro benzene ring substituents is 1. The molecular weight excluding hydrogens is 402 g/mol. The van der Waals surface area contributed by atoms with Crippen LogP contribution in [0.2, 0.25) is 0 Å². The summed E-state index contributed by atoms with van der Waals surface area (Å²) in [5.41, 5.74) is 0.531. The highest BCUT2D eigenvalue weighted by molar-refractivity contribution is 8.19. The third-order valence-electron chi connectivity index (χ3n) is 3.85. The maximum absolute atomic E-state index is 12.6. The number of hydrogen-bond donors (Lipinski definition) is 0. The Morgan fingerprint density at radius 2 is 1.79 bits per heavy atom. The lowest BCUT2D eigenvalue weighted by molar-refractivity contribution is -0.384. The second kappa shape index (κ2) is 7.95. The Morgan fingerprint density at radius 3 is 2.36 bits per heavy atom. The smallest absolute Gasteiger partial charge is 0.284 e. The highest BCUT2D eigenvalue weighted by Gasteiger charge is 2.34. The van der Waals surface area contributed by atoms with E-state index in [0.717, 1.165) is 11.8 Å². The Hall–Kier alpha value is -2.98. The van der Waals surface area contributed by atoms with Gasteiger partial charge in [-0.2, -0.15) is 8.42 Å². The number of likely N-dealkylation sites (N-methyl/N-ethyl adjacent to an activating group) is 1. The van der Waals surface area contributed by atoms with Crippen LogP contribution in [0.5, 0.6) is 0 Å². The van der Waals surface area contributed by atoms with Crippen molar-refractivity contribution in [2.45, 2.75) is 11.8 Å². The number of thioether (sulfide) groups is 1. The molecule has 0 aliphatic carbocycles. The summed E-state index contributed by atoms with van der Waals surface area (Å²) in [5.74, 6) is -0.368. The minimum Gasteiger partial charge on any atom is -0.286 e. The molecule has 10 heteroatoms. The van der Waals surface area contributed by atoms with Gasteiger partial charge in [0.15, 0.2) is 5.17 Å². The fourth-order valence-corrected chi connectivity index (χ4v) is 4.71. The van der Waals surface area contributed by atoms with Crippen molar-refractivity contribution in [2.75, 3.05) is 6.54 Å². The average Bonchev–Trinajstić information content (AvgIpc) is 2.96. The maximum atomic E-state index is 12.6. The molecule has 0 bridgehead atoms. The van der Waals surface area contributed by atoms with Crippen LogP contribution in [-0.2, 0) is 14.8 Å². The van der Waals surface area contributed by atoms with E-state index >= 15 is 0 Å². The molecule has 1 aliphatic heterocycles. The van der Waals surface area contributed by atoms with Crippen molar-refractivity contribution in [2.24, 2.45) is 4.40 Å². The van der Waals surface area contributed by atoms with Crippen molar-refractivity contribution in [3.8, 4) is 0 Å². The van der Waals surface area contributed by atoms with E-state index < -0.39 is 14.9 Å². The Labute approximate surface area is 165 Å². The highest BCUT2D eigenvalue weighted by atomic mass is 32.2. The lowest BCUT2D eigenvalue weighted by Crippen LogP contribution is -2.29. The molecule has 0 aromatic heterocycles. The first-order valence-corrected chi connectivity index (χ1v) is 10.4. The number of hydrogen-bond acceptors (Lipinski definition) is 6. The molecular formula is C18H15N3O5S2. The van der Waals surface area contributed by atoms with Gasteiger partial charge in [-0.15, -0.1) is 4.40 Å². The molecule has 28 heavy (non-hydrogen) atoms. The summed E-state index contributed by atoms with van der Waals surface area (Å²) < 4.78 is 28.8. The molecule has 3 rings (SSSR count). The Morgan fingerprint density at radius 1 is 1.14 bits per heavy atom. The number of nitro groups is 1. The number of nitrogens with zero attached hydrogens (tertiary/aromatic N) is 3. The van der Waals surface area contributed by atoms with E-state index in [-0.39, 0.29) is 33.1 Å². The van der Waals surface area contributed by atoms with Crippen LogP contribution in [-0.4, -0.2) is 35.9 Å². The molecule has 0 N–H and O–H groups in total. The highest BCUT2D eigenvalue weighted by Crippen LogP contribution is 2.33. The van der Waals surface area contributed by atoms with E-state index in [1.54, 1.807) is 31.2 Å². The monoisotopic (exact) mass is 417 g/mol. The quantitative estimate of drug-likeness (QED) is 0.419. The van der Waals surface area contributed by atoms with Crippen molar-refractivity contribution in [1.29, 1.82) is 0 Å². The predicted molar refractivity (Wildman–Crippen MR) is 107 cm³/mol. The Balaban J connectivity index is 1.93. The lowest BCUT2D eigenvalue weighted by Gasteiger charge is -2.11. The van der Waals surface area contributed by atoms with E-state index in [1.807, 2.05) is 0 Å². The third kappa shape index (κ3) is 4.12. The first-order chi connectivity index (χ1) is 13.3. The van der Waals surface area contributed by atoms with Crippen molar-refractivity contribution in [3.63, 3.8) is 0 Å². The van der Waals surface area contributed by atoms with Crippen LogP contribution in [0.4, 0.5) is 5.69 Å². The first kappa shape index (κ1) is 19.8. The minimum atomic E-state index is -3.95. The van der Waals surface area contributed by atoms with Gasteiger partial charge in [0, 0.05) is 18.7 Å². The van der Waals surface area contributed by atoms with Crippen LogP contribution in [0.15, 0.2) is 68.8 Å². The van der Waals surface area contributed by atoms with Crippen LogP contribution >= 0.6 is 11.8 Å². The molecule has 1 heterocycles. The molecule has 2 aromatic carbocycles. The number of rotatable bonds is 5. The molecule has 1 aliphatic rings. The zero-order valence-electron chi connectivity index (χ0n) is 14.7. The van der Waals surface area contributed by atoms with Gasteiger partial charge in [-0.3, -0.25) is 19.8 Å². The summed E-state index contributed by atoms with van der Waals surface area (Å²) in [7, 11) is -3.95. The van der Waals surface area contributed by atoms with Crippen molar-refractivity contribution in [1.82, 2.24) is 4.90 Å². The zero-order chi connectivity index (χ0) is 20.3. The number of benzene rings is 2. The second-order valence-electron chi connectivity index (χ2n) is 5.67. The normalized spacial score (nSPS) is 17.5. The molecule has 0 spiro atoms. The van der Waals surface area contributed by atoms with Crippen molar-refractivity contribution >= 4 is 44.6 Å². The SMILES string of the molecule is CCN1C(=O)/C(=C/c2ccc([N+](=O)[O-])cc2)S/C1=N/S(=O)(=O)c1ccccc1. The molecule has 1 amide bonds. The number of amidine groups is 1. The number of carbonyl (C=O) groups is 1. The topological polar surface area (TPSA) is 110 Å². The Bertz CT molecular complexity index is 1080. The largest absolute Gasteiger partial charge is 0.286 e. The third-order valence-corrected chi connectivity index (χ3v) is 6.25. The van der Waals surface area contributed by atoms with Crippen LogP contribution in [0.1, 0.15) is 12.5 Å². The van der Waals surface area contributed by atoms with Gasteiger partial charge in [-0.05, 0) is 54.6 Å². The lowest BCUT2D eigenvalue weighted by atomic mass is 10.2. The molecule has 0 saturated carbocycles. The number of non-ortho nitro benzene ring substituents is 1. The van der Waals surface area contributed by atoms with Crippen molar-refractivity contribution in [3.05, 3.63) is 75.2 Å². The molecule has 1 fully saturated rings. The van der Waals surface area contributed by atoms with Gasteiger partial charge in [0.05, 0.1) is 14.7 Å². The molecule has 8 nitrogen and oxygen atoms in total. The number of carbonyl (C=O) groups excluding carboxylic acids is 1. The van der Waals surface area contributed by atoms with Crippen LogP contribution in [0, 0.1) is 10.1 Å². The molecule has 0 unspecified atom stereocenters. The van der Waals surface area contributed by atoms with Gasteiger partial charge in [0.25, 0.3) is 21.6 Å².